The van der Waals surface area contributed by atoms with Crippen molar-refractivity contribution in [3.63, 3.8) is 0 Å². The van der Waals surface area contributed by atoms with Crippen LogP contribution >= 0.6 is 11.8 Å². The van der Waals surface area contributed by atoms with Gasteiger partial charge in [0.2, 0.25) is 0 Å². The second kappa shape index (κ2) is 13.9. The number of thioether (sulfide) groups is 1. The molecule has 104 valence electrons. The molecule has 0 fully saturated rings. The summed E-state index contributed by atoms with van der Waals surface area (Å²) in [6.45, 7) is 4.35. The molecular formula is C12H19NaO5S. The van der Waals surface area contributed by atoms with Gasteiger partial charge >= 0.3 is 41.5 Å². The van der Waals surface area contributed by atoms with E-state index in [0.29, 0.717) is 0 Å². The molecule has 0 saturated heterocycles. The van der Waals surface area contributed by atoms with Crippen LogP contribution in [-0.2, 0) is 0 Å². The first kappa shape index (κ1) is 23.6. The molecule has 0 spiro atoms. The first-order valence-corrected chi connectivity index (χ1v) is 6.32. The molecule has 19 heavy (non-hydrogen) atoms. The first-order valence-electron chi connectivity index (χ1n) is 5.17. The van der Waals surface area contributed by atoms with Crippen LogP contribution in [0.5, 0.6) is 0 Å². The van der Waals surface area contributed by atoms with Crippen LogP contribution in [0.15, 0.2) is 24.3 Å². The molecule has 0 aliphatic carbocycles. The summed E-state index contributed by atoms with van der Waals surface area (Å²) >= 11 is 1.96. The Kier molecular flexibility index (Phi) is 17.2. The van der Waals surface area contributed by atoms with E-state index in [0.717, 1.165) is 6.07 Å². The van der Waals surface area contributed by atoms with Crippen molar-refractivity contribution >= 4 is 23.7 Å². The van der Waals surface area contributed by atoms with Gasteiger partial charge in [0.15, 0.2) is 0 Å². The van der Waals surface area contributed by atoms with Gasteiger partial charge in [0.1, 0.15) is 0 Å². The Morgan fingerprint density at radius 2 is 1.47 bits per heavy atom. The number of hydrogen-bond acceptors (Lipinski definition) is 3. The smallest absolute Gasteiger partial charge is 1.00 e. The number of carboxylic acid groups (broad SMARTS) is 2. The molecule has 0 bridgehead atoms. The van der Waals surface area contributed by atoms with Gasteiger partial charge in [-0.05, 0) is 29.7 Å². The van der Waals surface area contributed by atoms with Crippen molar-refractivity contribution in [1.29, 1.82) is 0 Å². The van der Waals surface area contributed by atoms with Crippen LogP contribution in [0.4, 0.5) is 0 Å². The van der Waals surface area contributed by atoms with Crippen molar-refractivity contribution in [2.24, 2.45) is 0 Å². The zero-order chi connectivity index (χ0) is 13.3. The van der Waals surface area contributed by atoms with Crippen molar-refractivity contribution in [1.82, 2.24) is 0 Å². The monoisotopic (exact) mass is 298 g/mol. The molecule has 1 aromatic carbocycles. The number of rotatable bonds is 4. The van der Waals surface area contributed by atoms with Gasteiger partial charge in [0.05, 0.1) is 11.1 Å². The maximum absolute atomic E-state index is 10.4. The molecule has 0 heterocycles. The Morgan fingerprint density at radius 3 is 1.68 bits per heavy atom. The summed E-state index contributed by atoms with van der Waals surface area (Å²) in [5.41, 5.74) is -0.0372. The number of aromatic carboxylic acids is 2. The molecule has 0 aliphatic heterocycles. The van der Waals surface area contributed by atoms with Crippen LogP contribution < -0.4 is 29.6 Å². The summed E-state index contributed by atoms with van der Waals surface area (Å²) in [6.07, 6.45) is 0. The van der Waals surface area contributed by atoms with E-state index >= 15 is 0 Å². The molecule has 0 unspecified atom stereocenters. The molecule has 5 nitrogen and oxygen atoms in total. The predicted molar refractivity (Wildman–Crippen MR) is 73.8 cm³/mol. The Labute approximate surface area is 140 Å². The average Bonchev–Trinajstić information content (AvgIpc) is 2.31. The molecule has 1 aromatic rings. The fourth-order valence-corrected chi connectivity index (χ4v) is 1.40. The second-order valence-electron chi connectivity index (χ2n) is 2.97. The fourth-order valence-electron chi connectivity index (χ4n) is 0.989. The number of benzene rings is 1. The van der Waals surface area contributed by atoms with E-state index in [4.69, 9.17) is 10.2 Å². The summed E-state index contributed by atoms with van der Waals surface area (Å²) in [5, 5.41) is 17.0. The molecule has 4 N–H and O–H groups in total. The third-order valence-corrected chi connectivity index (χ3v) is 2.58. The maximum Gasteiger partial charge on any atom is 1.00 e. The van der Waals surface area contributed by atoms with Gasteiger partial charge in [-0.1, -0.05) is 19.9 Å². The summed E-state index contributed by atoms with van der Waals surface area (Å²) < 4.78 is 0. The SMILES string of the molecule is CCSCC.O.O=C(O)c1cccc(C(=O)O)c1.[H-].[Na+]. The number of hydrogen-bond donors (Lipinski definition) is 2. The molecule has 0 saturated carbocycles. The maximum atomic E-state index is 10.4. The van der Waals surface area contributed by atoms with Crippen LogP contribution in [0.2, 0.25) is 0 Å². The van der Waals surface area contributed by atoms with Crippen LogP contribution in [0, 0.1) is 0 Å². The van der Waals surface area contributed by atoms with Gasteiger partial charge in [-0.15, -0.1) is 0 Å². The molecule has 0 atom stereocenters. The van der Waals surface area contributed by atoms with Crippen molar-refractivity contribution < 1.29 is 56.3 Å². The van der Waals surface area contributed by atoms with Gasteiger partial charge in [-0.2, -0.15) is 11.8 Å². The minimum absolute atomic E-state index is 0. The molecule has 0 aromatic heterocycles. The van der Waals surface area contributed by atoms with E-state index in [-0.39, 0.29) is 47.6 Å². The van der Waals surface area contributed by atoms with E-state index in [9.17, 15) is 9.59 Å². The molecule has 0 aliphatic rings. The Bertz CT molecular complexity index is 359. The van der Waals surface area contributed by atoms with Crippen molar-refractivity contribution in [3.8, 4) is 0 Å². The summed E-state index contributed by atoms with van der Waals surface area (Å²) in [4.78, 5) is 20.8. The average molecular weight is 298 g/mol. The molecule has 0 amide bonds. The molecule has 7 heteroatoms. The van der Waals surface area contributed by atoms with Crippen molar-refractivity contribution in [2.75, 3.05) is 11.5 Å². The second-order valence-corrected chi connectivity index (χ2v) is 4.54. The number of carboxylic acids is 2. The normalized spacial score (nSPS) is 8.11. The molecular weight excluding hydrogens is 279 g/mol. The summed E-state index contributed by atoms with van der Waals surface area (Å²) in [7, 11) is 0. The summed E-state index contributed by atoms with van der Waals surface area (Å²) in [5.74, 6) is 0.267. The van der Waals surface area contributed by atoms with Crippen LogP contribution in [0.3, 0.4) is 0 Å². The Balaban J connectivity index is -0.000000141. The minimum atomic E-state index is -1.13. The van der Waals surface area contributed by atoms with E-state index in [1.54, 1.807) is 0 Å². The van der Waals surface area contributed by atoms with Gasteiger partial charge in [-0.3, -0.25) is 0 Å². The zero-order valence-electron chi connectivity index (χ0n) is 12.3. The van der Waals surface area contributed by atoms with Crippen LogP contribution in [-0.4, -0.2) is 39.1 Å². The standard InChI is InChI=1S/C8H6O4.C4H10S.Na.H2O.H/c9-7(10)5-2-1-3-6(4-5)8(11)12;1-3-5-4-2;;;/h1-4H,(H,9,10)(H,11,12);3-4H2,1-2H3;;1H2;/q;;+1;;-1. The zero-order valence-corrected chi connectivity index (χ0v) is 14.2. The fraction of sp³-hybridized carbons (Fsp3) is 0.333. The van der Waals surface area contributed by atoms with E-state index in [2.05, 4.69) is 13.8 Å². The Hall–Kier alpha value is -0.530. The van der Waals surface area contributed by atoms with E-state index in [1.165, 1.54) is 29.7 Å². The largest absolute Gasteiger partial charge is 1.00 e. The quantitative estimate of drug-likeness (QED) is 0.703. The third-order valence-electron chi connectivity index (χ3n) is 1.76. The number of carbonyl (C=O) groups is 2. The van der Waals surface area contributed by atoms with Crippen LogP contribution in [0.1, 0.15) is 36.0 Å². The summed E-state index contributed by atoms with van der Waals surface area (Å²) in [6, 6.07) is 5.20. The topological polar surface area (TPSA) is 106 Å². The van der Waals surface area contributed by atoms with E-state index in [1.807, 2.05) is 11.8 Å². The van der Waals surface area contributed by atoms with Gasteiger partial charge in [0, 0.05) is 0 Å². The van der Waals surface area contributed by atoms with Gasteiger partial charge < -0.3 is 17.1 Å². The first-order chi connectivity index (χ1) is 8.02. The minimum Gasteiger partial charge on any atom is -1.00 e. The van der Waals surface area contributed by atoms with Gasteiger partial charge in [0.25, 0.3) is 0 Å². The molecule has 1 rings (SSSR count). The van der Waals surface area contributed by atoms with Gasteiger partial charge in [-0.25, -0.2) is 9.59 Å². The van der Waals surface area contributed by atoms with Crippen molar-refractivity contribution in [3.05, 3.63) is 35.4 Å². The molecule has 0 radical (unpaired) electrons. The van der Waals surface area contributed by atoms with Crippen molar-refractivity contribution in [2.45, 2.75) is 13.8 Å². The predicted octanol–water partition coefficient (Wildman–Crippen LogP) is -0.866. The van der Waals surface area contributed by atoms with Crippen LogP contribution in [0.25, 0.3) is 0 Å². The Morgan fingerprint density at radius 1 is 1.11 bits per heavy atom. The van der Waals surface area contributed by atoms with E-state index < -0.39 is 11.9 Å². The third kappa shape index (κ3) is 11.0.